The van der Waals surface area contributed by atoms with Gasteiger partial charge in [-0.1, -0.05) is 41.7 Å². The molecular weight excluding hydrogens is 350 g/mol. The maximum atomic E-state index is 12.3. The Morgan fingerprint density at radius 1 is 1.15 bits per heavy atom. The lowest BCUT2D eigenvalue weighted by Gasteiger charge is -2.32. The molecule has 0 radical (unpaired) electrons. The van der Waals surface area contributed by atoms with E-state index in [1.54, 1.807) is 0 Å². The highest BCUT2D eigenvalue weighted by Crippen LogP contribution is 2.14. The van der Waals surface area contributed by atoms with Crippen molar-refractivity contribution in [2.75, 3.05) is 31.5 Å². The zero-order chi connectivity index (χ0) is 18.4. The molecule has 1 aliphatic rings. The molecule has 3 rings (SSSR count). The third-order valence-electron chi connectivity index (χ3n) is 4.46. The van der Waals surface area contributed by atoms with Crippen LogP contribution in [0.15, 0.2) is 30.3 Å². The largest absolute Gasteiger partial charge is 0.331 e. The Hall–Kier alpha value is -2.32. The summed E-state index contributed by atoms with van der Waals surface area (Å²) in [6, 6.07) is 10.4. The van der Waals surface area contributed by atoms with E-state index in [0.717, 1.165) is 37.7 Å². The first-order valence-electron chi connectivity index (χ1n) is 8.85. The molecule has 138 valence electrons. The second kappa shape index (κ2) is 8.86. The summed E-state index contributed by atoms with van der Waals surface area (Å²) in [6.07, 6.45) is 0.409. The number of rotatable bonds is 6. The monoisotopic (exact) mass is 374 g/mol. The number of quaternary nitrogens is 1. The van der Waals surface area contributed by atoms with Crippen LogP contribution in [-0.4, -0.2) is 53.1 Å². The molecule has 0 spiro atoms. The number of anilines is 1. The summed E-state index contributed by atoms with van der Waals surface area (Å²) in [4.78, 5) is 27.6. The van der Waals surface area contributed by atoms with Gasteiger partial charge in [-0.3, -0.25) is 9.59 Å². The van der Waals surface area contributed by atoms with Gasteiger partial charge >= 0.3 is 0 Å². The summed E-state index contributed by atoms with van der Waals surface area (Å²) in [5, 5.41) is 11.7. The predicted octanol–water partition coefficient (Wildman–Crippen LogP) is 0.493. The molecule has 26 heavy (non-hydrogen) atoms. The topological polar surface area (TPSA) is 79.6 Å². The Morgan fingerprint density at radius 3 is 2.54 bits per heavy atom. The van der Waals surface area contributed by atoms with Crippen molar-refractivity contribution in [3.05, 3.63) is 40.9 Å². The van der Waals surface area contributed by atoms with Crippen LogP contribution in [0.3, 0.4) is 0 Å². The van der Waals surface area contributed by atoms with Gasteiger partial charge in [0.1, 0.15) is 11.6 Å². The second-order valence-corrected chi connectivity index (χ2v) is 7.65. The molecule has 7 nitrogen and oxygen atoms in total. The number of carbonyl (C=O) groups excluding carboxylic acids is 2. The molecule has 8 heteroatoms. The molecule has 1 aromatic carbocycles. The van der Waals surface area contributed by atoms with Gasteiger partial charge in [0.15, 0.2) is 0 Å². The van der Waals surface area contributed by atoms with Crippen molar-refractivity contribution in [3.8, 4) is 0 Å². The van der Waals surface area contributed by atoms with E-state index in [4.69, 9.17) is 0 Å². The van der Waals surface area contributed by atoms with Crippen LogP contribution in [0.2, 0.25) is 0 Å². The second-order valence-electron chi connectivity index (χ2n) is 6.47. The van der Waals surface area contributed by atoms with Crippen LogP contribution >= 0.6 is 11.3 Å². The average Bonchev–Trinajstić information content (AvgIpc) is 3.06. The molecule has 2 N–H and O–H groups in total. The standard InChI is InChI=1S/C18H23N5O2S/c1-14-20-21-18(26-14)19-16(24)7-8-17(25)23-11-9-22(10-12-23)13-15-5-3-2-4-6-15/h2-6H,7-13H2,1H3,(H,19,21,24)/p+1. The van der Waals surface area contributed by atoms with Gasteiger partial charge in [0, 0.05) is 18.4 Å². The van der Waals surface area contributed by atoms with Crippen LogP contribution in [0.5, 0.6) is 0 Å². The lowest BCUT2D eigenvalue weighted by Crippen LogP contribution is -3.13. The Kier molecular flexibility index (Phi) is 6.30. The number of nitrogens with zero attached hydrogens (tertiary/aromatic N) is 3. The number of piperazine rings is 1. The molecule has 2 amide bonds. The van der Waals surface area contributed by atoms with Crippen molar-refractivity contribution in [1.82, 2.24) is 15.1 Å². The van der Waals surface area contributed by atoms with Gasteiger partial charge in [-0.2, -0.15) is 0 Å². The zero-order valence-electron chi connectivity index (χ0n) is 14.9. The molecule has 0 unspecified atom stereocenters. The highest BCUT2D eigenvalue weighted by molar-refractivity contribution is 7.15. The first kappa shape index (κ1) is 18.5. The summed E-state index contributed by atoms with van der Waals surface area (Å²) in [6.45, 7) is 6.20. The predicted molar refractivity (Wildman–Crippen MR) is 99.9 cm³/mol. The zero-order valence-corrected chi connectivity index (χ0v) is 15.7. The van der Waals surface area contributed by atoms with Crippen molar-refractivity contribution in [1.29, 1.82) is 0 Å². The molecule has 2 aromatic rings. The van der Waals surface area contributed by atoms with Crippen LogP contribution in [0.4, 0.5) is 5.13 Å². The van der Waals surface area contributed by atoms with Crippen molar-refractivity contribution >= 4 is 28.3 Å². The van der Waals surface area contributed by atoms with E-state index in [-0.39, 0.29) is 24.7 Å². The number of hydrogen-bond donors (Lipinski definition) is 2. The number of aromatic nitrogens is 2. The van der Waals surface area contributed by atoms with Crippen LogP contribution in [-0.2, 0) is 16.1 Å². The molecule has 1 aromatic heterocycles. The van der Waals surface area contributed by atoms with E-state index in [2.05, 4.69) is 39.8 Å². The van der Waals surface area contributed by atoms with E-state index in [0.29, 0.717) is 5.13 Å². The third kappa shape index (κ3) is 5.34. The van der Waals surface area contributed by atoms with Crippen molar-refractivity contribution in [2.45, 2.75) is 26.3 Å². The highest BCUT2D eigenvalue weighted by Gasteiger charge is 2.24. The lowest BCUT2D eigenvalue weighted by molar-refractivity contribution is -0.917. The van der Waals surface area contributed by atoms with Crippen LogP contribution in [0.25, 0.3) is 0 Å². The fraction of sp³-hybridized carbons (Fsp3) is 0.444. The number of benzene rings is 1. The average molecular weight is 374 g/mol. The molecule has 0 aliphatic carbocycles. The minimum Gasteiger partial charge on any atom is -0.331 e. The summed E-state index contributed by atoms with van der Waals surface area (Å²) in [5.74, 6) is -0.143. The van der Waals surface area contributed by atoms with E-state index >= 15 is 0 Å². The SMILES string of the molecule is Cc1nnc(NC(=O)CCC(=O)N2CC[NH+](Cc3ccccc3)CC2)s1. The van der Waals surface area contributed by atoms with Crippen molar-refractivity contribution < 1.29 is 14.5 Å². The Labute approximate surface area is 157 Å². The van der Waals surface area contributed by atoms with Gasteiger partial charge < -0.3 is 15.1 Å². The smallest absolute Gasteiger partial charge is 0.226 e. The van der Waals surface area contributed by atoms with Gasteiger partial charge in [0.2, 0.25) is 16.9 Å². The molecular formula is C18H24N5O2S+. The van der Waals surface area contributed by atoms with Gasteiger partial charge in [-0.25, -0.2) is 0 Å². The summed E-state index contributed by atoms with van der Waals surface area (Å²) >= 11 is 1.33. The minimum atomic E-state index is -0.192. The molecule has 0 atom stereocenters. The van der Waals surface area contributed by atoms with Gasteiger partial charge in [-0.05, 0) is 6.92 Å². The van der Waals surface area contributed by atoms with Crippen LogP contribution in [0, 0.1) is 6.92 Å². The maximum Gasteiger partial charge on any atom is 0.226 e. The normalized spacial score (nSPS) is 15.0. The minimum absolute atomic E-state index is 0.0485. The quantitative estimate of drug-likeness (QED) is 0.771. The van der Waals surface area contributed by atoms with E-state index in [1.807, 2.05) is 17.9 Å². The van der Waals surface area contributed by atoms with Gasteiger partial charge in [-0.15, -0.1) is 10.2 Å². The Balaban J connectivity index is 1.37. The Bertz CT molecular complexity index is 741. The molecule has 1 saturated heterocycles. The van der Waals surface area contributed by atoms with Crippen molar-refractivity contribution in [3.63, 3.8) is 0 Å². The lowest BCUT2D eigenvalue weighted by atomic mass is 10.2. The van der Waals surface area contributed by atoms with Crippen LogP contribution in [0.1, 0.15) is 23.4 Å². The maximum absolute atomic E-state index is 12.3. The Morgan fingerprint density at radius 2 is 1.88 bits per heavy atom. The summed E-state index contributed by atoms with van der Waals surface area (Å²) in [5.41, 5.74) is 1.32. The first-order valence-corrected chi connectivity index (χ1v) is 9.67. The summed E-state index contributed by atoms with van der Waals surface area (Å²) < 4.78 is 0. The van der Waals surface area contributed by atoms with E-state index in [1.165, 1.54) is 21.8 Å². The van der Waals surface area contributed by atoms with E-state index < -0.39 is 0 Å². The van der Waals surface area contributed by atoms with E-state index in [9.17, 15) is 9.59 Å². The number of amides is 2. The number of nitrogens with one attached hydrogen (secondary N) is 2. The summed E-state index contributed by atoms with van der Waals surface area (Å²) in [7, 11) is 0. The molecule has 1 aliphatic heterocycles. The fourth-order valence-electron chi connectivity index (χ4n) is 3.04. The number of aryl methyl sites for hydroxylation is 1. The highest BCUT2D eigenvalue weighted by atomic mass is 32.1. The molecule has 0 bridgehead atoms. The first-order chi connectivity index (χ1) is 12.6. The van der Waals surface area contributed by atoms with Crippen LogP contribution < -0.4 is 10.2 Å². The third-order valence-corrected chi connectivity index (χ3v) is 5.21. The van der Waals surface area contributed by atoms with Gasteiger partial charge in [0.05, 0.1) is 26.2 Å². The molecule has 0 saturated carbocycles. The fourth-order valence-corrected chi connectivity index (χ4v) is 3.65. The molecule has 1 fully saturated rings. The van der Waals surface area contributed by atoms with Crippen molar-refractivity contribution in [2.24, 2.45) is 0 Å². The molecule has 2 heterocycles. The number of carbonyl (C=O) groups is 2. The number of hydrogen-bond acceptors (Lipinski definition) is 5. The van der Waals surface area contributed by atoms with Gasteiger partial charge in [0.25, 0.3) is 0 Å².